The van der Waals surface area contributed by atoms with Crippen LogP contribution in [0.2, 0.25) is 0 Å². The van der Waals surface area contributed by atoms with Crippen molar-refractivity contribution in [2.75, 3.05) is 11.5 Å². The summed E-state index contributed by atoms with van der Waals surface area (Å²) in [7, 11) is 0. The minimum atomic E-state index is 0.610. The molecular weight excluding hydrogens is 214 g/mol. The van der Waals surface area contributed by atoms with E-state index in [2.05, 4.69) is 9.97 Å². The van der Waals surface area contributed by atoms with Gasteiger partial charge in [0, 0.05) is 23.6 Å². The fourth-order valence-electron chi connectivity index (χ4n) is 1.69. The molecule has 0 spiro atoms. The van der Waals surface area contributed by atoms with Crippen molar-refractivity contribution >= 4 is 17.2 Å². The highest BCUT2D eigenvalue weighted by Crippen LogP contribution is 2.20. The lowest BCUT2D eigenvalue weighted by Gasteiger charge is -1.96. The van der Waals surface area contributed by atoms with Gasteiger partial charge in [0.2, 0.25) is 5.78 Å². The summed E-state index contributed by atoms with van der Waals surface area (Å²) in [5, 5.41) is 0. The summed E-state index contributed by atoms with van der Waals surface area (Å²) in [4.78, 5) is 8.56. The van der Waals surface area contributed by atoms with Crippen molar-refractivity contribution in [1.82, 2.24) is 14.4 Å². The Balaban J connectivity index is 2.14. The largest absolute Gasteiger partial charge is 0.399 e. The van der Waals surface area contributed by atoms with Gasteiger partial charge >= 0.3 is 0 Å². The van der Waals surface area contributed by atoms with Crippen molar-refractivity contribution in [3.8, 4) is 11.3 Å². The highest BCUT2D eigenvalue weighted by atomic mass is 15.1. The standard InChI is InChI=1S/C12H11N5/c13-9-3-1-8(2-4-9)11-7-17-6-10(14)5-15-12(17)16-11/h1-7H,13-14H2. The van der Waals surface area contributed by atoms with Crippen LogP contribution in [0.3, 0.4) is 0 Å². The van der Waals surface area contributed by atoms with Crippen molar-refractivity contribution in [2.45, 2.75) is 0 Å². The van der Waals surface area contributed by atoms with Gasteiger partial charge in [0.05, 0.1) is 17.6 Å². The number of aromatic nitrogens is 3. The lowest BCUT2D eigenvalue weighted by molar-refractivity contribution is 1.11. The highest BCUT2D eigenvalue weighted by Gasteiger charge is 2.04. The summed E-state index contributed by atoms with van der Waals surface area (Å²) < 4.78 is 1.81. The molecule has 4 N–H and O–H groups in total. The molecule has 17 heavy (non-hydrogen) atoms. The normalized spacial score (nSPS) is 10.8. The van der Waals surface area contributed by atoms with Crippen LogP contribution in [0.1, 0.15) is 0 Å². The maximum atomic E-state index is 5.66. The van der Waals surface area contributed by atoms with Crippen LogP contribution in [-0.4, -0.2) is 14.4 Å². The summed E-state index contributed by atoms with van der Waals surface area (Å²) in [5.41, 5.74) is 14.5. The lowest BCUT2D eigenvalue weighted by Crippen LogP contribution is -1.91. The van der Waals surface area contributed by atoms with Crippen molar-refractivity contribution in [3.05, 3.63) is 42.9 Å². The second-order valence-electron chi connectivity index (χ2n) is 3.84. The molecule has 2 heterocycles. The molecule has 84 valence electrons. The Morgan fingerprint density at radius 2 is 1.71 bits per heavy atom. The monoisotopic (exact) mass is 225 g/mol. The SMILES string of the molecule is Nc1ccc(-c2cn3cc(N)cnc3n2)cc1. The molecular formula is C12H11N5. The number of hydrogen-bond donors (Lipinski definition) is 2. The van der Waals surface area contributed by atoms with Crippen LogP contribution >= 0.6 is 0 Å². The van der Waals surface area contributed by atoms with E-state index in [1.54, 1.807) is 16.8 Å². The Bertz CT molecular complexity index is 669. The molecule has 3 rings (SSSR count). The molecule has 3 aromatic rings. The molecule has 0 saturated carbocycles. The van der Waals surface area contributed by atoms with Crippen LogP contribution < -0.4 is 11.5 Å². The van der Waals surface area contributed by atoms with Gasteiger partial charge in [-0.1, -0.05) is 12.1 Å². The van der Waals surface area contributed by atoms with Crippen LogP contribution in [0.4, 0.5) is 11.4 Å². The van der Waals surface area contributed by atoms with Crippen molar-refractivity contribution < 1.29 is 0 Å². The Hall–Kier alpha value is -2.56. The van der Waals surface area contributed by atoms with E-state index in [0.29, 0.717) is 11.5 Å². The molecule has 0 bridgehead atoms. The predicted molar refractivity (Wildman–Crippen MR) is 67.2 cm³/mol. The number of nitrogens with two attached hydrogens (primary N) is 2. The second kappa shape index (κ2) is 3.48. The minimum absolute atomic E-state index is 0.610. The van der Waals surface area contributed by atoms with Gasteiger partial charge in [0.15, 0.2) is 0 Å². The number of rotatable bonds is 1. The van der Waals surface area contributed by atoms with Gasteiger partial charge in [-0.3, -0.25) is 4.40 Å². The van der Waals surface area contributed by atoms with E-state index in [0.717, 1.165) is 16.9 Å². The molecule has 0 aliphatic heterocycles. The third-order valence-corrected chi connectivity index (χ3v) is 2.54. The topological polar surface area (TPSA) is 82.2 Å². The molecule has 0 atom stereocenters. The first kappa shape index (κ1) is 9.65. The molecule has 5 nitrogen and oxygen atoms in total. The van der Waals surface area contributed by atoms with Gasteiger partial charge in [-0.05, 0) is 12.1 Å². The van der Waals surface area contributed by atoms with Crippen LogP contribution in [0.5, 0.6) is 0 Å². The van der Waals surface area contributed by atoms with Crippen LogP contribution in [0.15, 0.2) is 42.9 Å². The van der Waals surface area contributed by atoms with Crippen LogP contribution in [0.25, 0.3) is 17.0 Å². The van der Waals surface area contributed by atoms with Crippen molar-refractivity contribution in [1.29, 1.82) is 0 Å². The molecule has 0 aliphatic rings. The summed E-state index contributed by atoms with van der Waals surface area (Å²) in [6.07, 6.45) is 5.27. The average Bonchev–Trinajstić information content (AvgIpc) is 2.72. The first-order valence-corrected chi connectivity index (χ1v) is 5.18. The molecule has 0 amide bonds. The molecule has 1 aromatic carbocycles. The number of fused-ring (bicyclic) bond motifs is 1. The maximum absolute atomic E-state index is 5.66. The third-order valence-electron chi connectivity index (χ3n) is 2.54. The van der Waals surface area contributed by atoms with E-state index in [1.807, 2.05) is 30.5 Å². The van der Waals surface area contributed by atoms with Gasteiger partial charge < -0.3 is 11.5 Å². The van der Waals surface area contributed by atoms with E-state index in [4.69, 9.17) is 11.5 Å². The molecule has 0 aliphatic carbocycles. The zero-order valence-electron chi connectivity index (χ0n) is 9.04. The van der Waals surface area contributed by atoms with E-state index in [9.17, 15) is 0 Å². The smallest absolute Gasteiger partial charge is 0.234 e. The average molecular weight is 225 g/mol. The number of nitrogens with zero attached hydrogens (tertiary/aromatic N) is 3. The van der Waals surface area contributed by atoms with Gasteiger partial charge in [-0.15, -0.1) is 0 Å². The molecule has 2 aromatic heterocycles. The molecule has 0 fully saturated rings. The summed E-state index contributed by atoms with van der Waals surface area (Å²) in [5.74, 6) is 0.631. The Morgan fingerprint density at radius 3 is 2.47 bits per heavy atom. The first-order valence-electron chi connectivity index (χ1n) is 5.18. The van der Waals surface area contributed by atoms with E-state index in [1.165, 1.54) is 0 Å². The van der Waals surface area contributed by atoms with Crippen molar-refractivity contribution in [3.63, 3.8) is 0 Å². The zero-order valence-corrected chi connectivity index (χ0v) is 9.04. The number of benzene rings is 1. The predicted octanol–water partition coefficient (Wildman–Crippen LogP) is 1.56. The van der Waals surface area contributed by atoms with Gasteiger partial charge in [0.1, 0.15) is 0 Å². The summed E-state index contributed by atoms with van der Waals surface area (Å²) in [6.45, 7) is 0. The maximum Gasteiger partial charge on any atom is 0.234 e. The number of imidazole rings is 1. The second-order valence-corrected chi connectivity index (χ2v) is 3.84. The van der Waals surface area contributed by atoms with Crippen LogP contribution in [0, 0.1) is 0 Å². The Morgan fingerprint density at radius 1 is 0.941 bits per heavy atom. The number of nitrogen functional groups attached to an aromatic ring is 2. The third kappa shape index (κ3) is 1.67. The quantitative estimate of drug-likeness (QED) is 0.616. The number of anilines is 2. The van der Waals surface area contributed by atoms with E-state index >= 15 is 0 Å². The summed E-state index contributed by atoms with van der Waals surface area (Å²) in [6, 6.07) is 7.56. The molecule has 0 radical (unpaired) electrons. The van der Waals surface area contributed by atoms with Crippen LogP contribution in [-0.2, 0) is 0 Å². The highest BCUT2D eigenvalue weighted by molar-refractivity contribution is 5.63. The zero-order chi connectivity index (χ0) is 11.8. The first-order chi connectivity index (χ1) is 8.22. The van der Waals surface area contributed by atoms with Crippen molar-refractivity contribution in [2.24, 2.45) is 0 Å². The fraction of sp³-hybridized carbons (Fsp3) is 0. The summed E-state index contributed by atoms with van der Waals surface area (Å²) >= 11 is 0. The lowest BCUT2D eigenvalue weighted by atomic mass is 10.1. The Kier molecular flexibility index (Phi) is 1.98. The van der Waals surface area contributed by atoms with Gasteiger partial charge in [-0.2, -0.15) is 0 Å². The molecule has 0 unspecified atom stereocenters. The molecule has 5 heteroatoms. The van der Waals surface area contributed by atoms with Gasteiger partial charge in [0.25, 0.3) is 0 Å². The molecule has 0 saturated heterocycles. The fourth-order valence-corrected chi connectivity index (χ4v) is 1.69. The van der Waals surface area contributed by atoms with E-state index < -0.39 is 0 Å². The minimum Gasteiger partial charge on any atom is -0.399 e. The number of hydrogen-bond acceptors (Lipinski definition) is 4. The van der Waals surface area contributed by atoms with Gasteiger partial charge in [-0.25, -0.2) is 9.97 Å². The Labute approximate surface area is 97.7 Å². The van der Waals surface area contributed by atoms with E-state index in [-0.39, 0.29) is 0 Å².